The normalized spacial score (nSPS) is 17.8. The molecule has 0 aromatic rings. The number of nitrogens with one attached hydrogen (secondary N) is 1. The van der Waals surface area contributed by atoms with E-state index in [0.717, 1.165) is 38.7 Å². The molecule has 6 nitrogen and oxygen atoms in total. The molecule has 0 aromatic heterocycles. The Bertz CT molecular complexity index is 380. The molecule has 128 valence electrons. The Kier molecular flexibility index (Phi) is 7.13. The number of esters is 1. The van der Waals surface area contributed by atoms with Crippen molar-refractivity contribution in [1.82, 2.24) is 15.1 Å². The number of piperazine rings is 1. The summed E-state index contributed by atoms with van der Waals surface area (Å²) >= 11 is 0. The van der Waals surface area contributed by atoms with Crippen molar-refractivity contribution < 1.29 is 9.53 Å². The van der Waals surface area contributed by atoms with Crippen LogP contribution >= 0.6 is 0 Å². The van der Waals surface area contributed by atoms with Crippen molar-refractivity contribution in [3.05, 3.63) is 0 Å². The molecular weight excluding hydrogens is 280 g/mol. The fourth-order valence-electron chi connectivity index (χ4n) is 2.52. The van der Waals surface area contributed by atoms with E-state index < -0.39 is 5.60 Å². The molecule has 1 saturated heterocycles. The summed E-state index contributed by atoms with van der Waals surface area (Å²) in [5.41, 5.74) is -0.454. The third-order valence-electron chi connectivity index (χ3n) is 3.32. The van der Waals surface area contributed by atoms with Gasteiger partial charge in [-0.1, -0.05) is 13.8 Å². The highest BCUT2D eigenvalue weighted by molar-refractivity contribution is 5.84. The number of carbonyl (C=O) groups is 1. The summed E-state index contributed by atoms with van der Waals surface area (Å²) in [7, 11) is 1.75. The average Bonchev–Trinajstić information content (AvgIpc) is 2.38. The quantitative estimate of drug-likeness (QED) is 0.480. The Morgan fingerprint density at radius 1 is 1.23 bits per heavy atom. The first kappa shape index (κ1) is 18.7. The molecule has 0 atom stereocenters. The van der Waals surface area contributed by atoms with E-state index in [4.69, 9.17) is 4.74 Å². The maximum Gasteiger partial charge on any atom is 0.325 e. The minimum atomic E-state index is -0.454. The van der Waals surface area contributed by atoms with E-state index in [2.05, 4.69) is 34.0 Å². The lowest BCUT2D eigenvalue weighted by molar-refractivity contribution is -0.153. The largest absolute Gasteiger partial charge is 0.459 e. The standard InChI is InChI=1S/C16H32N4O2/c1-13(2)12-19-7-9-20(10-8-19)15(17-6)18-11-14(21)22-16(3,4)5/h13H,7-12H2,1-6H3,(H,17,18). The smallest absolute Gasteiger partial charge is 0.325 e. The Morgan fingerprint density at radius 2 is 1.82 bits per heavy atom. The Balaban J connectivity index is 2.39. The van der Waals surface area contributed by atoms with E-state index in [0.29, 0.717) is 5.92 Å². The molecule has 0 radical (unpaired) electrons. The summed E-state index contributed by atoms with van der Waals surface area (Å²) in [6.45, 7) is 15.3. The van der Waals surface area contributed by atoms with Crippen molar-refractivity contribution in [2.24, 2.45) is 10.9 Å². The van der Waals surface area contributed by atoms with Crippen LogP contribution in [-0.4, -0.2) is 73.6 Å². The zero-order valence-corrected chi connectivity index (χ0v) is 15.0. The number of guanidine groups is 1. The molecule has 1 fully saturated rings. The van der Waals surface area contributed by atoms with Gasteiger partial charge in [0.2, 0.25) is 0 Å². The van der Waals surface area contributed by atoms with E-state index in [1.54, 1.807) is 7.05 Å². The van der Waals surface area contributed by atoms with Crippen molar-refractivity contribution in [2.75, 3.05) is 46.3 Å². The zero-order chi connectivity index (χ0) is 16.8. The molecule has 1 aliphatic heterocycles. The minimum Gasteiger partial charge on any atom is -0.459 e. The van der Waals surface area contributed by atoms with Crippen molar-refractivity contribution in [3.63, 3.8) is 0 Å². The van der Waals surface area contributed by atoms with E-state index >= 15 is 0 Å². The summed E-state index contributed by atoms with van der Waals surface area (Å²) in [5.74, 6) is 1.21. The molecule has 0 amide bonds. The molecule has 0 spiro atoms. The van der Waals surface area contributed by atoms with Gasteiger partial charge in [-0.05, 0) is 26.7 Å². The lowest BCUT2D eigenvalue weighted by atomic mass is 10.2. The number of hydrogen-bond donors (Lipinski definition) is 1. The molecule has 6 heteroatoms. The van der Waals surface area contributed by atoms with Gasteiger partial charge >= 0.3 is 5.97 Å². The van der Waals surface area contributed by atoms with Gasteiger partial charge in [0, 0.05) is 39.8 Å². The molecule has 0 unspecified atom stereocenters. The van der Waals surface area contributed by atoms with Gasteiger partial charge in [-0.2, -0.15) is 0 Å². The number of carbonyl (C=O) groups excluding carboxylic acids is 1. The van der Waals surface area contributed by atoms with Crippen LogP contribution in [0.5, 0.6) is 0 Å². The summed E-state index contributed by atoms with van der Waals surface area (Å²) < 4.78 is 5.30. The molecule has 1 aliphatic rings. The van der Waals surface area contributed by atoms with Crippen LogP contribution in [-0.2, 0) is 9.53 Å². The Morgan fingerprint density at radius 3 is 2.27 bits per heavy atom. The molecule has 1 rings (SSSR count). The van der Waals surface area contributed by atoms with Gasteiger partial charge < -0.3 is 15.0 Å². The maximum atomic E-state index is 11.8. The van der Waals surface area contributed by atoms with Crippen LogP contribution in [0.2, 0.25) is 0 Å². The molecular formula is C16H32N4O2. The van der Waals surface area contributed by atoms with Crippen molar-refractivity contribution in [1.29, 1.82) is 0 Å². The first-order chi connectivity index (χ1) is 10.2. The highest BCUT2D eigenvalue weighted by Crippen LogP contribution is 2.07. The predicted molar refractivity (Wildman–Crippen MR) is 90.1 cm³/mol. The van der Waals surface area contributed by atoms with E-state index in [1.807, 2.05) is 20.8 Å². The van der Waals surface area contributed by atoms with Gasteiger partial charge in [0.25, 0.3) is 0 Å². The highest BCUT2D eigenvalue weighted by Gasteiger charge is 2.21. The van der Waals surface area contributed by atoms with Crippen molar-refractivity contribution in [2.45, 2.75) is 40.2 Å². The van der Waals surface area contributed by atoms with Crippen LogP contribution in [0.15, 0.2) is 4.99 Å². The number of rotatable bonds is 4. The third-order valence-corrected chi connectivity index (χ3v) is 3.32. The van der Waals surface area contributed by atoms with Crippen molar-refractivity contribution in [3.8, 4) is 0 Å². The number of ether oxygens (including phenoxy) is 1. The van der Waals surface area contributed by atoms with E-state index in [1.165, 1.54) is 0 Å². The van der Waals surface area contributed by atoms with Crippen LogP contribution in [0.3, 0.4) is 0 Å². The molecule has 1 N–H and O–H groups in total. The van der Waals surface area contributed by atoms with Gasteiger partial charge in [-0.15, -0.1) is 0 Å². The number of aliphatic imine (C=N–C) groups is 1. The summed E-state index contributed by atoms with van der Waals surface area (Å²) in [6.07, 6.45) is 0. The molecule has 0 bridgehead atoms. The predicted octanol–water partition coefficient (Wildman–Crippen LogP) is 1.18. The number of nitrogens with zero attached hydrogens (tertiary/aromatic N) is 3. The summed E-state index contributed by atoms with van der Waals surface area (Å²) in [6, 6.07) is 0. The van der Waals surface area contributed by atoms with Crippen LogP contribution < -0.4 is 5.32 Å². The lowest BCUT2D eigenvalue weighted by Gasteiger charge is -2.37. The second-order valence-corrected chi connectivity index (χ2v) is 7.17. The van der Waals surface area contributed by atoms with Crippen LogP contribution in [0.1, 0.15) is 34.6 Å². The van der Waals surface area contributed by atoms with Gasteiger partial charge in [-0.3, -0.25) is 14.7 Å². The lowest BCUT2D eigenvalue weighted by Crippen LogP contribution is -2.53. The van der Waals surface area contributed by atoms with E-state index in [9.17, 15) is 4.79 Å². The van der Waals surface area contributed by atoms with Gasteiger partial charge in [0.1, 0.15) is 12.1 Å². The SMILES string of the molecule is CN=C(NCC(=O)OC(C)(C)C)N1CCN(CC(C)C)CC1. The van der Waals surface area contributed by atoms with Crippen molar-refractivity contribution >= 4 is 11.9 Å². The fourth-order valence-corrected chi connectivity index (χ4v) is 2.52. The average molecular weight is 312 g/mol. The monoisotopic (exact) mass is 312 g/mol. The van der Waals surface area contributed by atoms with Gasteiger partial charge in [0.05, 0.1) is 0 Å². The van der Waals surface area contributed by atoms with Crippen LogP contribution in [0.25, 0.3) is 0 Å². The molecule has 22 heavy (non-hydrogen) atoms. The van der Waals surface area contributed by atoms with Gasteiger partial charge in [0.15, 0.2) is 5.96 Å². The second-order valence-electron chi connectivity index (χ2n) is 7.17. The summed E-state index contributed by atoms with van der Waals surface area (Å²) in [4.78, 5) is 20.7. The van der Waals surface area contributed by atoms with Crippen LogP contribution in [0, 0.1) is 5.92 Å². The summed E-state index contributed by atoms with van der Waals surface area (Å²) in [5, 5.41) is 3.10. The molecule has 1 heterocycles. The van der Waals surface area contributed by atoms with Crippen LogP contribution in [0.4, 0.5) is 0 Å². The zero-order valence-electron chi connectivity index (χ0n) is 15.0. The first-order valence-corrected chi connectivity index (χ1v) is 8.11. The minimum absolute atomic E-state index is 0.149. The second kappa shape index (κ2) is 8.36. The maximum absolute atomic E-state index is 11.8. The Labute approximate surface area is 134 Å². The number of hydrogen-bond acceptors (Lipinski definition) is 4. The fraction of sp³-hybridized carbons (Fsp3) is 0.875. The van der Waals surface area contributed by atoms with Gasteiger partial charge in [-0.25, -0.2) is 0 Å². The topological polar surface area (TPSA) is 57.2 Å². The molecule has 0 saturated carbocycles. The first-order valence-electron chi connectivity index (χ1n) is 8.11. The Hall–Kier alpha value is -1.30. The molecule has 0 aliphatic carbocycles. The molecule has 0 aromatic carbocycles. The van der Waals surface area contributed by atoms with E-state index in [-0.39, 0.29) is 12.5 Å². The highest BCUT2D eigenvalue weighted by atomic mass is 16.6. The third kappa shape index (κ3) is 7.11.